The van der Waals surface area contributed by atoms with Crippen molar-refractivity contribution in [1.29, 1.82) is 5.26 Å². The zero-order valence-corrected chi connectivity index (χ0v) is 11.3. The van der Waals surface area contributed by atoms with E-state index in [1.165, 1.54) is 4.90 Å². The number of halogens is 1. The number of carbonyl (C=O) groups excluding carboxylic acids is 1. The predicted octanol–water partition coefficient (Wildman–Crippen LogP) is 0.181. The lowest BCUT2D eigenvalue weighted by molar-refractivity contribution is -0.130. The molecule has 2 rings (SSSR count). The van der Waals surface area contributed by atoms with Gasteiger partial charge in [-0.1, -0.05) is 0 Å². The molecule has 0 aromatic heterocycles. The number of hydrogen-bond acceptors (Lipinski definition) is 4. The minimum absolute atomic E-state index is 0.0438. The first-order valence-corrected chi connectivity index (χ1v) is 6.83. The molecule has 1 amide bonds. The molecule has 2 saturated heterocycles. The van der Waals surface area contributed by atoms with Crippen LogP contribution in [0.1, 0.15) is 26.2 Å². The number of amides is 1. The van der Waals surface area contributed by atoms with E-state index >= 15 is 0 Å². The van der Waals surface area contributed by atoms with Gasteiger partial charge in [-0.05, 0) is 32.9 Å². The number of nitrogens with zero attached hydrogens (tertiary/aromatic N) is 2. The summed E-state index contributed by atoms with van der Waals surface area (Å²) in [4.78, 5) is 13.4. The molecule has 2 heterocycles. The third-order valence-corrected chi connectivity index (χ3v) is 4.09. The van der Waals surface area contributed by atoms with Crippen molar-refractivity contribution in [3.8, 4) is 6.07 Å². The van der Waals surface area contributed by atoms with Gasteiger partial charge in [0.2, 0.25) is 5.91 Å². The Hall–Kier alpha value is -1.19. The summed E-state index contributed by atoms with van der Waals surface area (Å²) in [6.45, 7) is 4.22. The highest BCUT2D eigenvalue weighted by molar-refractivity contribution is 5.79. The highest BCUT2D eigenvalue weighted by Gasteiger charge is 2.36. The van der Waals surface area contributed by atoms with Gasteiger partial charge in [-0.25, -0.2) is 4.39 Å². The van der Waals surface area contributed by atoms with E-state index in [0.29, 0.717) is 0 Å². The molecular weight excluding hydrogens is 247 g/mol. The monoisotopic (exact) mass is 268 g/mol. The van der Waals surface area contributed by atoms with Gasteiger partial charge >= 0.3 is 0 Å². The summed E-state index contributed by atoms with van der Waals surface area (Å²) in [6.07, 6.45) is 1.01. The van der Waals surface area contributed by atoms with Gasteiger partial charge in [0.05, 0.1) is 19.2 Å². The summed E-state index contributed by atoms with van der Waals surface area (Å²) >= 11 is 0. The van der Waals surface area contributed by atoms with Crippen LogP contribution in [-0.4, -0.2) is 54.7 Å². The first kappa shape index (κ1) is 14.2. The van der Waals surface area contributed by atoms with E-state index in [2.05, 4.69) is 17.6 Å². The molecule has 2 aliphatic heterocycles. The number of carbonyl (C=O) groups is 1. The molecule has 106 valence electrons. The quantitative estimate of drug-likeness (QED) is 0.766. The topological polar surface area (TPSA) is 68.2 Å². The number of nitriles is 1. The summed E-state index contributed by atoms with van der Waals surface area (Å²) in [5, 5.41) is 15.5. The minimum Gasteiger partial charge on any atom is -0.323 e. The van der Waals surface area contributed by atoms with Crippen molar-refractivity contribution in [3.63, 3.8) is 0 Å². The highest BCUT2D eigenvalue weighted by atomic mass is 19.1. The van der Waals surface area contributed by atoms with Crippen LogP contribution >= 0.6 is 0 Å². The van der Waals surface area contributed by atoms with Crippen LogP contribution < -0.4 is 10.6 Å². The predicted molar refractivity (Wildman–Crippen MR) is 69.1 cm³/mol. The number of hydrogen-bond donors (Lipinski definition) is 2. The largest absolute Gasteiger partial charge is 0.323 e. The third-order valence-electron chi connectivity index (χ3n) is 4.09. The summed E-state index contributed by atoms with van der Waals surface area (Å²) in [5.41, 5.74) is -0.0438. The van der Waals surface area contributed by atoms with Crippen LogP contribution in [0, 0.1) is 11.3 Å². The molecule has 2 N–H and O–H groups in total. The molecule has 0 aromatic carbocycles. The third kappa shape index (κ3) is 3.43. The van der Waals surface area contributed by atoms with Crippen molar-refractivity contribution in [1.82, 2.24) is 15.5 Å². The van der Waals surface area contributed by atoms with Crippen LogP contribution in [0.15, 0.2) is 0 Å². The van der Waals surface area contributed by atoms with E-state index in [4.69, 9.17) is 5.26 Å². The molecule has 0 radical (unpaired) electrons. The minimum atomic E-state index is -1.07. The Morgan fingerprint density at radius 2 is 2.26 bits per heavy atom. The molecule has 2 fully saturated rings. The fourth-order valence-electron chi connectivity index (χ4n) is 2.73. The van der Waals surface area contributed by atoms with Crippen LogP contribution in [0.2, 0.25) is 0 Å². The molecule has 0 saturated carbocycles. The Labute approximate surface area is 113 Å². The van der Waals surface area contributed by atoms with Crippen LogP contribution in [0.4, 0.5) is 4.39 Å². The average Bonchev–Trinajstić information content (AvgIpc) is 2.78. The van der Waals surface area contributed by atoms with E-state index in [-0.39, 0.29) is 31.0 Å². The molecule has 6 heteroatoms. The SMILES string of the molecule is CC1(NCC(=O)N2CC(F)CC2C#N)CCNCC1. The van der Waals surface area contributed by atoms with E-state index in [9.17, 15) is 9.18 Å². The fourth-order valence-corrected chi connectivity index (χ4v) is 2.73. The van der Waals surface area contributed by atoms with Crippen LogP contribution in [0.3, 0.4) is 0 Å². The van der Waals surface area contributed by atoms with Gasteiger partial charge in [0.1, 0.15) is 12.2 Å². The van der Waals surface area contributed by atoms with Crippen molar-refractivity contribution in [3.05, 3.63) is 0 Å². The molecule has 0 aliphatic carbocycles. The number of alkyl halides is 1. The van der Waals surface area contributed by atoms with Crippen molar-refractivity contribution in [2.45, 2.75) is 43.9 Å². The maximum absolute atomic E-state index is 13.3. The van der Waals surface area contributed by atoms with Gasteiger partial charge in [0.15, 0.2) is 0 Å². The first-order chi connectivity index (χ1) is 9.04. The fraction of sp³-hybridized carbons (Fsp3) is 0.846. The van der Waals surface area contributed by atoms with Crippen molar-refractivity contribution < 1.29 is 9.18 Å². The van der Waals surface area contributed by atoms with Gasteiger partial charge in [0, 0.05) is 12.0 Å². The number of piperidine rings is 1. The molecule has 2 unspecified atom stereocenters. The molecule has 2 atom stereocenters. The summed E-state index contributed by atoms with van der Waals surface area (Å²) in [5.74, 6) is -0.175. The van der Waals surface area contributed by atoms with Crippen LogP contribution in [0.25, 0.3) is 0 Å². The second kappa shape index (κ2) is 5.85. The smallest absolute Gasteiger partial charge is 0.237 e. The molecule has 19 heavy (non-hydrogen) atoms. The summed E-state index contributed by atoms with van der Waals surface area (Å²) in [6, 6.07) is 1.39. The second-order valence-electron chi connectivity index (χ2n) is 5.69. The Balaban J connectivity index is 1.85. The molecule has 0 bridgehead atoms. The molecule has 0 aromatic rings. The molecule has 2 aliphatic rings. The van der Waals surface area contributed by atoms with Crippen molar-refractivity contribution in [2.24, 2.45) is 0 Å². The van der Waals surface area contributed by atoms with Gasteiger partial charge < -0.3 is 15.5 Å². The normalized spacial score (nSPS) is 30.1. The van der Waals surface area contributed by atoms with E-state index in [1.807, 2.05) is 6.07 Å². The maximum atomic E-state index is 13.3. The number of rotatable bonds is 3. The van der Waals surface area contributed by atoms with Crippen LogP contribution in [0.5, 0.6) is 0 Å². The zero-order chi connectivity index (χ0) is 13.9. The van der Waals surface area contributed by atoms with E-state index in [0.717, 1.165) is 25.9 Å². The van der Waals surface area contributed by atoms with Crippen LogP contribution in [-0.2, 0) is 4.79 Å². The summed E-state index contributed by atoms with van der Waals surface area (Å²) < 4.78 is 13.3. The van der Waals surface area contributed by atoms with Gasteiger partial charge in [-0.2, -0.15) is 5.26 Å². The maximum Gasteiger partial charge on any atom is 0.237 e. The van der Waals surface area contributed by atoms with E-state index in [1.54, 1.807) is 0 Å². The Morgan fingerprint density at radius 1 is 1.58 bits per heavy atom. The first-order valence-electron chi connectivity index (χ1n) is 6.83. The van der Waals surface area contributed by atoms with Gasteiger partial charge in [0.25, 0.3) is 0 Å². The standard InChI is InChI=1S/C13H21FN4O/c1-13(2-4-16-5-3-13)17-8-12(19)18-9-10(14)6-11(18)7-15/h10-11,16-17H,2-6,8-9H2,1H3. The molecule has 5 nitrogen and oxygen atoms in total. The number of nitrogens with one attached hydrogen (secondary N) is 2. The summed E-state index contributed by atoms with van der Waals surface area (Å²) in [7, 11) is 0. The lowest BCUT2D eigenvalue weighted by Crippen LogP contribution is -2.53. The lowest BCUT2D eigenvalue weighted by Gasteiger charge is -2.35. The second-order valence-corrected chi connectivity index (χ2v) is 5.69. The Bertz CT molecular complexity index is 375. The van der Waals surface area contributed by atoms with Crippen molar-refractivity contribution in [2.75, 3.05) is 26.2 Å². The van der Waals surface area contributed by atoms with Crippen molar-refractivity contribution >= 4 is 5.91 Å². The lowest BCUT2D eigenvalue weighted by atomic mass is 9.90. The number of likely N-dealkylation sites (tertiary alicyclic amines) is 1. The Kier molecular flexibility index (Phi) is 4.38. The average molecular weight is 268 g/mol. The zero-order valence-electron chi connectivity index (χ0n) is 11.3. The Morgan fingerprint density at radius 3 is 2.89 bits per heavy atom. The van der Waals surface area contributed by atoms with Gasteiger partial charge in [-0.3, -0.25) is 4.79 Å². The highest BCUT2D eigenvalue weighted by Crippen LogP contribution is 2.21. The molecular formula is C13H21FN4O. The van der Waals surface area contributed by atoms with Gasteiger partial charge in [-0.15, -0.1) is 0 Å². The molecule has 0 spiro atoms. The van der Waals surface area contributed by atoms with E-state index < -0.39 is 12.2 Å².